The lowest BCUT2D eigenvalue weighted by molar-refractivity contribution is 0.0407. The monoisotopic (exact) mass is 336 g/mol. The number of urea groups is 1. The summed E-state index contributed by atoms with van der Waals surface area (Å²) in [6.45, 7) is 4.57. The van der Waals surface area contributed by atoms with E-state index in [9.17, 15) is 4.79 Å². The molecule has 24 heavy (non-hydrogen) atoms. The number of hydrogen-bond acceptors (Lipinski definition) is 5. The molecule has 2 fully saturated rings. The van der Waals surface area contributed by atoms with Gasteiger partial charge in [0.15, 0.2) is 0 Å². The SMILES string of the molecule is COc1ccc(O[C@H]2COCCN(C(=O)N3CCOCC3)C2)cc1. The smallest absolute Gasteiger partial charge is 0.320 e. The first-order chi connectivity index (χ1) is 11.8. The molecule has 132 valence electrons. The third-order valence-corrected chi connectivity index (χ3v) is 4.15. The van der Waals surface area contributed by atoms with E-state index in [1.807, 2.05) is 34.1 Å². The van der Waals surface area contributed by atoms with E-state index in [1.165, 1.54) is 0 Å². The second kappa shape index (κ2) is 8.21. The van der Waals surface area contributed by atoms with Crippen molar-refractivity contribution in [3.63, 3.8) is 0 Å². The first kappa shape index (κ1) is 16.9. The Labute approximate surface area is 142 Å². The third-order valence-electron chi connectivity index (χ3n) is 4.15. The fourth-order valence-electron chi connectivity index (χ4n) is 2.83. The number of carbonyl (C=O) groups excluding carboxylic acids is 1. The molecular formula is C17H24N2O5. The van der Waals surface area contributed by atoms with Crippen LogP contribution in [0.25, 0.3) is 0 Å². The molecule has 2 saturated heterocycles. The summed E-state index contributed by atoms with van der Waals surface area (Å²) in [7, 11) is 1.63. The van der Waals surface area contributed by atoms with Gasteiger partial charge in [0.25, 0.3) is 0 Å². The average Bonchev–Trinajstić information content (AvgIpc) is 2.88. The molecule has 0 N–H and O–H groups in total. The fraction of sp³-hybridized carbons (Fsp3) is 0.588. The largest absolute Gasteiger partial charge is 0.497 e. The summed E-state index contributed by atoms with van der Waals surface area (Å²) in [5.74, 6) is 1.52. The fourth-order valence-corrected chi connectivity index (χ4v) is 2.83. The molecule has 0 spiro atoms. The van der Waals surface area contributed by atoms with Crippen molar-refractivity contribution >= 4 is 6.03 Å². The highest BCUT2D eigenvalue weighted by Gasteiger charge is 2.28. The van der Waals surface area contributed by atoms with Gasteiger partial charge in [-0.3, -0.25) is 0 Å². The molecule has 0 aliphatic carbocycles. The molecule has 0 saturated carbocycles. The zero-order chi connectivity index (χ0) is 16.8. The molecule has 2 amide bonds. The molecule has 0 unspecified atom stereocenters. The minimum Gasteiger partial charge on any atom is -0.497 e. The van der Waals surface area contributed by atoms with Crippen molar-refractivity contribution in [3.05, 3.63) is 24.3 Å². The van der Waals surface area contributed by atoms with Crippen LogP contribution in [0.4, 0.5) is 4.79 Å². The van der Waals surface area contributed by atoms with Crippen molar-refractivity contribution in [3.8, 4) is 11.5 Å². The van der Waals surface area contributed by atoms with E-state index in [1.54, 1.807) is 7.11 Å². The molecule has 1 atom stereocenters. The van der Waals surface area contributed by atoms with Crippen LogP contribution < -0.4 is 9.47 Å². The van der Waals surface area contributed by atoms with Gasteiger partial charge in [0.2, 0.25) is 0 Å². The maximum atomic E-state index is 12.7. The van der Waals surface area contributed by atoms with E-state index >= 15 is 0 Å². The first-order valence-corrected chi connectivity index (χ1v) is 8.26. The topological polar surface area (TPSA) is 60.5 Å². The van der Waals surface area contributed by atoms with Gasteiger partial charge in [-0.05, 0) is 24.3 Å². The van der Waals surface area contributed by atoms with Crippen LogP contribution in [-0.4, -0.2) is 81.7 Å². The van der Waals surface area contributed by atoms with Gasteiger partial charge in [-0.25, -0.2) is 4.79 Å². The number of benzene rings is 1. The lowest BCUT2D eigenvalue weighted by Gasteiger charge is -2.33. The molecule has 0 aromatic heterocycles. The molecule has 2 heterocycles. The normalized spacial score (nSPS) is 22.0. The molecule has 0 radical (unpaired) electrons. The Morgan fingerprint density at radius 3 is 2.33 bits per heavy atom. The summed E-state index contributed by atoms with van der Waals surface area (Å²) in [5, 5.41) is 0. The summed E-state index contributed by atoms with van der Waals surface area (Å²) in [4.78, 5) is 16.3. The molecule has 7 heteroatoms. The lowest BCUT2D eigenvalue weighted by atomic mass is 10.3. The molecule has 1 aromatic rings. The van der Waals surface area contributed by atoms with Crippen LogP contribution in [-0.2, 0) is 9.47 Å². The Bertz CT molecular complexity index is 530. The van der Waals surface area contributed by atoms with Crippen LogP contribution in [0.2, 0.25) is 0 Å². The Morgan fingerprint density at radius 1 is 1.00 bits per heavy atom. The van der Waals surface area contributed by atoms with Gasteiger partial charge in [-0.2, -0.15) is 0 Å². The van der Waals surface area contributed by atoms with Gasteiger partial charge in [-0.15, -0.1) is 0 Å². The van der Waals surface area contributed by atoms with Crippen molar-refractivity contribution in [2.24, 2.45) is 0 Å². The minimum atomic E-state index is -0.189. The predicted octanol–water partition coefficient (Wildman–Crippen LogP) is 1.23. The Balaban J connectivity index is 1.60. The van der Waals surface area contributed by atoms with E-state index in [2.05, 4.69) is 0 Å². The Morgan fingerprint density at radius 2 is 1.62 bits per heavy atom. The number of morpholine rings is 1. The van der Waals surface area contributed by atoms with Gasteiger partial charge < -0.3 is 28.7 Å². The summed E-state index contributed by atoms with van der Waals surface area (Å²) in [6, 6.07) is 7.45. The average molecular weight is 336 g/mol. The van der Waals surface area contributed by atoms with Gasteiger partial charge in [0.05, 0.1) is 40.1 Å². The van der Waals surface area contributed by atoms with Crippen molar-refractivity contribution < 1.29 is 23.7 Å². The number of amides is 2. The first-order valence-electron chi connectivity index (χ1n) is 8.26. The van der Waals surface area contributed by atoms with Gasteiger partial charge in [0, 0.05) is 19.6 Å². The van der Waals surface area contributed by atoms with Gasteiger partial charge in [0.1, 0.15) is 17.6 Å². The quantitative estimate of drug-likeness (QED) is 0.831. The second-order valence-electron chi connectivity index (χ2n) is 5.82. The maximum absolute atomic E-state index is 12.7. The van der Waals surface area contributed by atoms with Crippen LogP contribution in [0.1, 0.15) is 0 Å². The van der Waals surface area contributed by atoms with Crippen LogP contribution >= 0.6 is 0 Å². The second-order valence-corrected chi connectivity index (χ2v) is 5.82. The van der Waals surface area contributed by atoms with E-state index in [0.717, 1.165) is 11.5 Å². The van der Waals surface area contributed by atoms with Crippen molar-refractivity contribution in [1.82, 2.24) is 9.80 Å². The zero-order valence-corrected chi connectivity index (χ0v) is 14.0. The van der Waals surface area contributed by atoms with E-state index in [-0.39, 0.29) is 12.1 Å². The van der Waals surface area contributed by atoms with E-state index < -0.39 is 0 Å². The lowest BCUT2D eigenvalue weighted by Crippen LogP contribution is -2.50. The molecule has 0 bridgehead atoms. The van der Waals surface area contributed by atoms with E-state index in [4.69, 9.17) is 18.9 Å². The van der Waals surface area contributed by atoms with Crippen molar-refractivity contribution in [2.75, 3.05) is 59.7 Å². The third kappa shape index (κ3) is 4.30. The van der Waals surface area contributed by atoms with Crippen LogP contribution in [0, 0.1) is 0 Å². The van der Waals surface area contributed by atoms with Gasteiger partial charge >= 0.3 is 6.03 Å². The minimum absolute atomic E-state index is 0.0344. The zero-order valence-electron chi connectivity index (χ0n) is 14.0. The molecule has 2 aliphatic rings. The Kier molecular flexibility index (Phi) is 5.77. The number of hydrogen-bond donors (Lipinski definition) is 0. The molecule has 2 aliphatic heterocycles. The molecule has 7 nitrogen and oxygen atoms in total. The molecule has 1 aromatic carbocycles. The summed E-state index contributed by atoms with van der Waals surface area (Å²) >= 11 is 0. The number of ether oxygens (including phenoxy) is 4. The highest BCUT2D eigenvalue weighted by atomic mass is 16.5. The number of nitrogens with zero attached hydrogens (tertiary/aromatic N) is 2. The predicted molar refractivity (Wildman–Crippen MR) is 87.6 cm³/mol. The highest BCUT2D eigenvalue weighted by Crippen LogP contribution is 2.19. The van der Waals surface area contributed by atoms with Crippen molar-refractivity contribution in [1.29, 1.82) is 0 Å². The summed E-state index contributed by atoms with van der Waals surface area (Å²) < 4.78 is 22.0. The standard InChI is InChI=1S/C17H24N2O5/c1-21-14-2-4-15(5-3-14)24-16-12-19(8-11-23-13-16)17(20)18-6-9-22-10-7-18/h2-5,16H,6-13H2,1H3/t16-/m1/s1. The van der Waals surface area contributed by atoms with Crippen molar-refractivity contribution in [2.45, 2.75) is 6.10 Å². The summed E-state index contributed by atoms with van der Waals surface area (Å²) in [5.41, 5.74) is 0. The molecular weight excluding hydrogens is 312 g/mol. The summed E-state index contributed by atoms with van der Waals surface area (Å²) in [6.07, 6.45) is -0.189. The van der Waals surface area contributed by atoms with Crippen LogP contribution in [0.3, 0.4) is 0 Å². The number of carbonyl (C=O) groups is 1. The number of rotatable bonds is 3. The highest BCUT2D eigenvalue weighted by molar-refractivity contribution is 5.74. The van der Waals surface area contributed by atoms with Crippen LogP contribution in [0.15, 0.2) is 24.3 Å². The molecule has 3 rings (SSSR count). The maximum Gasteiger partial charge on any atom is 0.320 e. The van der Waals surface area contributed by atoms with Crippen LogP contribution in [0.5, 0.6) is 11.5 Å². The van der Waals surface area contributed by atoms with Gasteiger partial charge in [-0.1, -0.05) is 0 Å². The number of methoxy groups -OCH3 is 1. The van der Waals surface area contributed by atoms with E-state index in [0.29, 0.717) is 52.6 Å². The Hall–Kier alpha value is -1.99.